The van der Waals surface area contributed by atoms with Crippen LogP contribution in [0.5, 0.6) is 0 Å². The van der Waals surface area contributed by atoms with E-state index in [1.54, 1.807) is 0 Å². The number of halogens is 2. The van der Waals surface area contributed by atoms with Gasteiger partial charge in [-0.1, -0.05) is 36.4 Å². The molecule has 1 saturated heterocycles. The zero-order chi connectivity index (χ0) is 20.2. The van der Waals surface area contributed by atoms with E-state index >= 15 is 0 Å². The number of hydrogen-bond donors (Lipinski definition) is 1. The van der Waals surface area contributed by atoms with E-state index in [9.17, 15) is 22.3 Å². The Morgan fingerprint density at radius 3 is 2.14 bits per heavy atom. The van der Waals surface area contributed by atoms with E-state index < -0.39 is 26.6 Å². The highest BCUT2D eigenvalue weighted by Gasteiger charge is 2.39. The minimum absolute atomic E-state index is 0.0241. The molecule has 0 aliphatic carbocycles. The van der Waals surface area contributed by atoms with Gasteiger partial charge >= 0.3 is 0 Å². The van der Waals surface area contributed by atoms with Gasteiger partial charge in [-0.15, -0.1) is 0 Å². The Morgan fingerprint density at radius 1 is 0.964 bits per heavy atom. The molecule has 28 heavy (non-hydrogen) atoms. The lowest BCUT2D eigenvalue weighted by Crippen LogP contribution is -2.45. The second kappa shape index (κ2) is 8.68. The summed E-state index contributed by atoms with van der Waals surface area (Å²) in [5, 5.41) is 9.95. The number of nitrogens with zero attached hydrogens (tertiary/aromatic N) is 1. The first-order valence-electron chi connectivity index (χ1n) is 9.47. The molecule has 3 rings (SSSR count). The summed E-state index contributed by atoms with van der Waals surface area (Å²) >= 11 is 0. The van der Waals surface area contributed by atoms with E-state index in [-0.39, 0.29) is 25.1 Å². The molecule has 0 atom stereocenters. The number of piperidine rings is 1. The average Bonchev–Trinajstić information content (AvgIpc) is 2.69. The minimum atomic E-state index is -4.24. The van der Waals surface area contributed by atoms with Crippen LogP contribution < -0.4 is 0 Å². The van der Waals surface area contributed by atoms with Gasteiger partial charge in [-0.25, -0.2) is 17.2 Å². The first-order valence-corrected chi connectivity index (χ1v) is 10.9. The molecule has 1 heterocycles. The lowest BCUT2D eigenvalue weighted by molar-refractivity contribution is 0.0583. The molecule has 0 radical (unpaired) electrons. The van der Waals surface area contributed by atoms with Crippen molar-refractivity contribution in [1.29, 1.82) is 0 Å². The number of benzene rings is 2. The molecule has 0 spiro atoms. The van der Waals surface area contributed by atoms with E-state index in [4.69, 9.17) is 0 Å². The second-order valence-corrected chi connectivity index (χ2v) is 9.33. The van der Waals surface area contributed by atoms with Crippen LogP contribution in [0.3, 0.4) is 0 Å². The Hall–Kier alpha value is -1.83. The van der Waals surface area contributed by atoms with Crippen LogP contribution >= 0.6 is 0 Å². The molecule has 0 bridgehead atoms. The number of aliphatic hydroxyl groups is 1. The second-order valence-electron chi connectivity index (χ2n) is 7.45. The van der Waals surface area contributed by atoms with Gasteiger partial charge in [0.15, 0.2) is 4.90 Å². The topological polar surface area (TPSA) is 57.6 Å². The summed E-state index contributed by atoms with van der Waals surface area (Å²) in [5.41, 5.74) is 0.875. The van der Waals surface area contributed by atoms with Gasteiger partial charge in [0.1, 0.15) is 11.6 Å². The summed E-state index contributed by atoms with van der Waals surface area (Å²) < 4.78 is 54.5. The Morgan fingerprint density at radius 2 is 1.57 bits per heavy atom. The van der Waals surface area contributed by atoms with Crippen molar-refractivity contribution in [2.75, 3.05) is 19.7 Å². The van der Waals surface area contributed by atoms with Crippen LogP contribution in [-0.4, -0.2) is 37.5 Å². The number of rotatable bonds is 7. The third-order valence-electron chi connectivity index (χ3n) is 5.65. The third-order valence-corrected chi connectivity index (χ3v) is 7.60. The van der Waals surface area contributed by atoms with Crippen LogP contribution in [0.15, 0.2) is 53.4 Å². The van der Waals surface area contributed by atoms with E-state index in [2.05, 4.69) is 12.1 Å². The largest absolute Gasteiger partial charge is 0.396 e. The normalized spacial score (nSPS) is 17.5. The lowest BCUT2D eigenvalue weighted by atomic mass is 9.75. The highest BCUT2D eigenvalue weighted by atomic mass is 32.2. The molecule has 1 fully saturated rings. The number of aryl methyl sites for hydroxylation is 1. The fraction of sp³-hybridized carbons (Fsp3) is 0.429. The maximum absolute atomic E-state index is 14.0. The molecule has 1 N–H and O–H groups in total. The van der Waals surface area contributed by atoms with Crippen LogP contribution in [0.2, 0.25) is 0 Å². The number of sulfonamides is 1. The smallest absolute Gasteiger partial charge is 0.248 e. The molecule has 4 nitrogen and oxygen atoms in total. The average molecular weight is 409 g/mol. The summed E-state index contributed by atoms with van der Waals surface area (Å²) in [6, 6.07) is 13.1. The summed E-state index contributed by atoms with van der Waals surface area (Å²) in [7, 11) is -4.24. The van der Waals surface area contributed by atoms with Crippen molar-refractivity contribution in [2.24, 2.45) is 5.41 Å². The van der Waals surface area contributed by atoms with Crippen molar-refractivity contribution in [1.82, 2.24) is 4.31 Å². The van der Waals surface area contributed by atoms with Crippen LogP contribution in [0.25, 0.3) is 0 Å². The van der Waals surface area contributed by atoms with Crippen molar-refractivity contribution < 1.29 is 22.3 Å². The molecule has 0 amide bonds. The Kier molecular flexibility index (Phi) is 6.47. The molecular weight excluding hydrogens is 384 g/mol. The molecule has 0 aromatic heterocycles. The fourth-order valence-electron chi connectivity index (χ4n) is 3.86. The van der Waals surface area contributed by atoms with Gasteiger partial charge < -0.3 is 5.11 Å². The van der Waals surface area contributed by atoms with Gasteiger partial charge in [0.25, 0.3) is 0 Å². The zero-order valence-corrected chi connectivity index (χ0v) is 16.5. The van der Waals surface area contributed by atoms with Crippen LogP contribution in [0.4, 0.5) is 8.78 Å². The van der Waals surface area contributed by atoms with Crippen LogP contribution in [-0.2, 0) is 16.4 Å². The van der Waals surface area contributed by atoms with Crippen LogP contribution in [0, 0.1) is 17.0 Å². The van der Waals surface area contributed by atoms with Crippen molar-refractivity contribution in [3.63, 3.8) is 0 Å². The predicted octanol–water partition coefficient (Wildman–Crippen LogP) is 3.75. The maximum Gasteiger partial charge on any atom is 0.248 e. The Labute approximate surface area is 164 Å². The lowest BCUT2D eigenvalue weighted by Gasteiger charge is -2.40. The number of hydrogen-bond acceptors (Lipinski definition) is 3. The maximum atomic E-state index is 14.0. The molecule has 1 aliphatic rings. The fourth-order valence-corrected chi connectivity index (χ4v) is 5.41. The summed E-state index contributed by atoms with van der Waals surface area (Å²) in [4.78, 5) is -0.893. The van der Waals surface area contributed by atoms with E-state index in [0.717, 1.165) is 41.8 Å². The molecule has 1 aliphatic heterocycles. The van der Waals surface area contributed by atoms with Gasteiger partial charge in [-0.05, 0) is 55.2 Å². The summed E-state index contributed by atoms with van der Waals surface area (Å²) in [5.74, 6) is -2.16. The first kappa shape index (κ1) is 20.9. The van der Waals surface area contributed by atoms with Gasteiger partial charge in [0.2, 0.25) is 10.0 Å². The summed E-state index contributed by atoms with van der Waals surface area (Å²) in [6.45, 7) is 0.258. The monoisotopic (exact) mass is 409 g/mol. The highest BCUT2D eigenvalue weighted by Crippen LogP contribution is 2.38. The standard InChI is InChI=1S/C21H25F2NO3S/c22-18-9-4-10-19(23)20(18)28(26,27)24-14-12-21(16-25,13-15-24)11-5-8-17-6-2-1-3-7-17/h1-4,6-7,9-10,25H,5,8,11-16H2. The molecule has 7 heteroatoms. The molecule has 0 saturated carbocycles. The quantitative estimate of drug-likeness (QED) is 0.758. The zero-order valence-electron chi connectivity index (χ0n) is 15.7. The molecule has 0 unspecified atom stereocenters. The first-order chi connectivity index (χ1) is 13.4. The van der Waals surface area contributed by atoms with Crippen molar-refractivity contribution in [3.05, 3.63) is 65.7 Å². The van der Waals surface area contributed by atoms with Crippen molar-refractivity contribution in [2.45, 2.75) is 37.0 Å². The van der Waals surface area contributed by atoms with E-state index in [0.29, 0.717) is 12.8 Å². The minimum Gasteiger partial charge on any atom is -0.396 e. The van der Waals surface area contributed by atoms with Crippen molar-refractivity contribution >= 4 is 10.0 Å². The Bertz CT molecular complexity index is 875. The van der Waals surface area contributed by atoms with Gasteiger partial charge in [0.05, 0.1) is 0 Å². The van der Waals surface area contributed by atoms with E-state index in [1.807, 2.05) is 18.2 Å². The van der Waals surface area contributed by atoms with Crippen LogP contribution in [0.1, 0.15) is 31.2 Å². The highest BCUT2D eigenvalue weighted by molar-refractivity contribution is 7.89. The Balaban J connectivity index is 1.64. The molecule has 152 valence electrons. The third kappa shape index (κ3) is 4.42. The molecule has 2 aromatic carbocycles. The predicted molar refractivity (Wildman–Crippen MR) is 103 cm³/mol. The summed E-state index contributed by atoms with van der Waals surface area (Å²) in [6.07, 6.45) is 3.49. The van der Waals surface area contributed by atoms with Gasteiger partial charge in [0, 0.05) is 19.7 Å². The van der Waals surface area contributed by atoms with Gasteiger partial charge in [-0.2, -0.15) is 4.31 Å². The van der Waals surface area contributed by atoms with Crippen molar-refractivity contribution in [3.8, 4) is 0 Å². The van der Waals surface area contributed by atoms with E-state index in [1.165, 1.54) is 5.56 Å². The molecular formula is C21H25F2NO3S. The molecule has 2 aromatic rings. The van der Waals surface area contributed by atoms with Gasteiger partial charge in [-0.3, -0.25) is 0 Å². The number of aliphatic hydroxyl groups excluding tert-OH is 1. The SMILES string of the molecule is O=S(=O)(c1c(F)cccc1F)N1CCC(CO)(CCCc2ccccc2)CC1.